The Hall–Kier alpha value is -6.34. The summed E-state index contributed by atoms with van der Waals surface area (Å²) in [4.78, 5) is 55.4. The van der Waals surface area contributed by atoms with E-state index in [0.29, 0.717) is 35.5 Å². The molecule has 4 amide bonds. The summed E-state index contributed by atoms with van der Waals surface area (Å²) in [7, 11) is 1.52. The number of aromatic nitrogens is 2. The fourth-order valence-corrected chi connectivity index (χ4v) is 5.29. The van der Waals surface area contributed by atoms with Crippen molar-refractivity contribution in [3.05, 3.63) is 77.7 Å². The summed E-state index contributed by atoms with van der Waals surface area (Å²) in [5.74, 6) is -1.71. The van der Waals surface area contributed by atoms with Gasteiger partial charge in [-0.3, -0.25) is 25.8 Å². The van der Waals surface area contributed by atoms with Crippen molar-refractivity contribution in [2.75, 3.05) is 33.4 Å². The van der Waals surface area contributed by atoms with Crippen molar-refractivity contribution >= 4 is 35.9 Å². The van der Waals surface area contributed by atoms with Gasteiger partial charge in [-0.05, 0) is 124 Å². The van der Waals surface area contributed by atoms with Crippen LogP contribution in [-0.4, -0.2) is 111 Å². The number of imidazole rings is 1. The van der Waals surface area contributed by atoms with Crippen LogP contribution in [0.1, 0.15) is 86.3 Å². The zero-order valence-electron chi connectivity index (χ0n) is 37.5. The average molecular weight is 889 g/mol. The van der Waals surface area contributed by atoms with E-state index in [1.807, 2.05) is 0 Å². The first-order valence-electron chi connectivity index (χ1n) is 20.1. The van der Waals surface area contributed by atoms with E-state index in [9.17, 15) is 32.3 Å². The van der Waals surface area contributed by atoms with Crippen molar-refractivity contribution in [3.63, 3.8) is 0 Å². The Labute approximate surface area is 365 Å². The summed E-state index contributed by atoms with van der Waals surface area (Å²) in [6.45, 7) is 16.0. The van der Waals surface area contributed by atoms with Crippen LogP contribution in [-0.2, 0) is 32.1 Å². The van der Waals surface area contributed by atoms with Crippen LogP contribution in [0, 0.1) is 10.8 Å². The highest BCUT2D eigenvalue weighted by Crippen LogP contribution is 2.19. The standard InChI is InChI=1S/C43H59F3N8O9/c1-40(2,3)61-37(56)49-33(47)29-13-17-31(18-14-29)59-27-11-21-52-24-25-53(36(52)50-35(55)43(44,45)46)22-12-28-60-32-19-15-30(16-20-32)34(48)54(39(58)63-42(7,8)9)26-23-51(10)38(57)62-41(4,5)6/h13-20,24-25,48H,11-12,21-23,26-28H2,1-10H3,(H2,47,49,56)/b48-34?,50-36+. The SMILES string of the molecule is CN(CCN(C(=N)c1ccc(OCCCn2ccn(CCCOc3ccc(C(=N)NC(=O)OC(C)(C)C)cc3)/c2=N\C(=O)C(F)(F)F)cc1)C(=O)OC(C)(C)C)C(=O)OC(C)(C)C. The fourth-order valence-electron chi connectivity index (χ4n) is 5.29. The molecule has 346 valence electrons. The number of amides is 4. The molecule has 0 bridgehead atoms. The van der Waals surface area contributed by atoms with Crippen molar-refractivity contribution in [3.8, 4) is 11.5 Å². The Kier molecular flexibility index (Phi) is 17.5. The van der Waals surface area contributed by atoms with Gasteiger partial charge in [-0.1, -0.05) is 0 Å². The summed E-state index contributed by atoms with van der Waals surface area (Å²) < 4.78 is 70.4. The smallest absolute Gasteiger partial charge is 0.473 e. The summed E-state index contributed by atoms with van der Waals surface area (Å²) in [5.41, 5.74) is -1.72. The van der Waals surface area contributed by atoms with Crippen molar-refractivity contribution in [2.45, 2.75) is 111 Å². The van der Waals surface area contributed by atoms with Gasteiger partial charge < -0.3 is 37.7 Å². The molecule has 0 radical (unpaired) electrons. The Morgan fingerprint density at radius 2 is 1.11 bits per heavy atom. The molecule has 20 heteroatoms. The molecule has 0 saturated heterocycles. The minimum Gasteiger partial charge on any atom is -0.494 e. The highest BCUT2D eigenvalue weighted by molar-refractivity contribution is 6.05. The average Bonchev–Trinajstić information content (AvgIpc) is 3.53. The number of rotatable bonds is 15. The van der Waals surface area contributed by atoms with E-state index in [1.165, 1.54) is 33.5 Å². The maximum absolute atomic E-state index is 13.3. The van der Waals surface area contributed by atoms with Gasteiger partial charge in [0.1, 0.15) is 40.0 Å². The number of nitrogens with one attached hydrogen (secondary N) is 3. The first-order valence-corrected chi connectivity index (χ1v) is 20.1. The highest BCUT2D eigenvalue weighted by Gasteiger charge is 2.39. The second-order valence-corrected chi connectivity index (χ2v) is 17.2. The van der Waals surface area contributed by atoms with Crippen molar-refractivity contribution < 1.29 is 56.0 Å². The molecule has 0 aliphatic rings. The van der Waals surface area contributed by atoms with Crippen LogP contribution in [0.2, 0.25) is 0 Å². The predicted octanol–water partition coefficient (Wildman–Crippen LogP) is 7.50. The van der Waals surface area contributed by atoms with E-state index < -0.39 is 47.2 Å². The van der Waals surface area contributed by atoms with Crippen molar-refractivity contribution in [2.24, 2.45) is 4.99 Å². The molecule has 3 N–H and O–H groups in total. The summed E-state index contributed by atoms with van der Waals surface area (Å²) in [5, 5.41) is 19.3. The first-order chi connectivity index (χ1) is 29.1. The van der Waals surface area contributed by atoms with Crippen molar-refractivity contribution in [1.82, 2.24) is 24.3 Å². The summed E-state index contributed by atoms with van der Waals surface area (Å²) in [6, 6.07) is 12.7. The second-order valence-electron chi connectivity index (χ2n) is 17.2. The number of hydrogen-bond donors (Lipinski definition) is 3. The molecular weight excluding hydrogens is 830 g/mol. The number of hydrogen-bond acceptors (Lipinski definition) is 11. The molecule has 63 heavy (non-hydrogen) atoms. The molecule has 0 aliphatic heterocycles. The lowest BCUT2D eigenvalue weighted by atomic mass is 10.1. The molecule has 0 saturated carbocycles. The molecule has 0 unspecified atom stereocenters. The number of alkyl carbamates (subject to hydrolysis) is 1. The third kappa shape index (κ3) is 17.9. The molecule has 1 aromatic heterocycles. The van der Waals surface area contributed by atoms with Crippen LogP contribution in [0.4, 0.5) is 27.6 Å². The number of halogens is 3. The first kappa shape index (κ1) is 51.0. The molecule has 0 aliphatic carbocycles. The third-order valence-electron chi connectivity index (χ3n) is 8.15. The zero-order chi connectivity index (χ0) is 47.3. The lowest BCUT2D eigenvalue weighted by Crippen LogP contribution is -2.45. The number of nitrogens with zero attached hydrogens (tertiary/aromatic N) is 5. The maximum atomic E-state index is 13.3. The molecule has 0 spiro atoms. The van der Waals surface area contributed by atoms with Gasteiger partial charge in [-0.15, -0.1) is 0 Å². The molecule has 0 atom stereocenters. The predicted molar refractivity (Wildman–Crippen MR) is 227 cm³/mol. The number of benzene rings is 2. The molecule has 0 fully saturated rings. The van der Waals surface area contributed by atoms with Crippen LogP contribution < -0.4 is 20.4 Å². The van der Waals surface area contributed by atoms with Crippen LogP contribution in [0.25, 0.3) is 0 Å². The van der Waals surface area contributed by atoms with Crippen LogP contribution >= 0.6 is 0 Å². The number of carbonyl (C=O) groups is 4. The monoisotopic (exact) mass is 888 g/mol. The van der Waals surface area contributed by atoms with E-state index in [-0.39, 0.29) is 56.7 Å². The van der Waals surface area contributed by atoms with Gasteiger partial charge >= 0.3 is 30.4 Å². The quantitative estimate of drug-likeness (QED) is 0.0598. The number of aryl methyl sites for hydroxylation is 2. The second kappa shape index (κ2) is 21.6. The maximum Gasteiger partial charge on any atom is 0.473 e. The normalized spacial score (nSPS) is 12.2. The Balaban J connectivity index is 1.60. The van der Waals surface area contributed by atoms with E-state index >= 15 is 0 Å². The minimum absolute atomic E-state index is 0.0517. The van der Waals surface area contributed by atoms with Gasteiger partial charge in [0.25, 0.3) is 0 Å². The van der Waals surface area contributed by atoms with E-state index in [4.69, 9.17) is 34.5 Å². The van der Waals surface area contributed by atoms with Gasteiger partial charge in [0.05, 0.1) is 13.2 Å². The van der Waals surface area contributed by atoms with Crippen LogP contribution in [0.15, 0.2) is 65.9 Å². The van der Waals surface area contributed by atoms with Gasteiger partial charge in [0.15, 0.2) is 0 Å². The zero-order valence-corrected chi connectivity index (χ0v) is 37.5. The number of alkyl halides is 3. The number of amidine groups is 2. The summed E-state index contributed by atoms with van der Waals surface area (Å²) in [6.07, 6.45) is -3.60. The van der Waals surface area contributed by atoms with Gasteiger partial charge in [0.2, 0.25) is 5.62 Å². The molecular formula is C43H59F3N8O9. The third-order valence-corrected chi connectivity index (χ3v) is 8.15. The van der Waals surface area contributed by atoms with Gasteiger partial charge in [-0.2, -0.15) is 18.2 Å². The molecule has 3 rings (SSSR count). The number of carbonyl (C=O) groups excluding carboxylic acids is 4. The fraction of sp³-hybridized carbons (Fsp3) is 0.512. The van der Waals surface area contributed by atoms with Gasteiger partial charge in [-0.25, -0.2) is 14.4 Å². The topological polar surface area (TPSA) is 203 Å². The Morgan fingerprint density at radius 1 is 0.667 bits per heavy atom. The summed E-state index contributed by atoms with van der Waals surface area (Å²) >= 11 is 0. The van der Waals surface area contributed by atoms with E-state index in [0.717, 1.165) is 4.90 Å². The largest absolute Gasteiger partial charge is 0.494 e. The highest BCUT2D eigenvalue weighted by atomic mass is 19.4. The van der Waals surface area contributed by atoms with E-state index in [2.05, 4.69) is 10.3 Å². The number of ether oxygens (including phenoxy) is 5. The molecule has 3 aromatic rings. The lowest BCUT2D eigenvalue weighted by molar-refractivity contribution is -0.169. The lowest BCUT2D eigenvalue weighted by Gasteiger charge is -2.30. The molecule has 17 nitrogen and oxygen atoms in total. The van der Waals surface area contributed by atoms with Crippen molar-refractivity contribution in [1.29, 1.82) is 10.8 Å². The van der Waals surface area contributed by atoms with Gasteiger partial charge in [0, 0.05) is 56.7 Å². The molecule has 1 heterocycles. The molecule has 2 aromatic carbocycles. The van der Waals surface area contributed by atoms with Crippen LogP contribution in [0.3, 0.4) is 0 Å². The Morgan fingerprint density at radius 3 is 1.56 bits per heavy atom. The minimum atomic E-state index is -5.17. The Bertz CT molecular complexity index is 2130. The van der Waals surface area contributed by atoms with Crippen LogP contribution in [0.5, 0.6) is 11.5 Å². The van der Waals surface area contributed by atoms with E-state index in [1.54, 1.807) is 111 Å². The number of likely N-dealkylation sites (N-methyl/N-ethyl adjacent to an activating group) is 1.